The molecule has 1 saturated carbocycles. The Labute approximate surface area is 120 Å². The lowest BCUT2D eigenvalue weighted by molar-refractivity contribution is -0.384. The normalized spacial score (nSPS) is 15.8. The highest BCUT2D eigenvalue weighted by Crippen LogP contribution is 2.31. The monoisotopic (exact) mass is 277 g/mol. The van der Waals surface area contributed by atoms with Crippen molar-refractivity contribution in [2.75, 3.05) is 18.9 Å². The van der Waals surface area contributed by atoms with Crippen LogP contribution in [-0.2, 0) is 6.54 Å². The van der Waals surface area contributed by atoms with Crippen LogP contribution in [-0.4, -0.2) is 29.5 Å². The summed E-state index contributed by atoms with van der Waals surface area (Å²) in [6.45, 7) is 3.92. The van der Waals surface area contributed by atoms with Crippen LogP contribution in [0.3, 0.4) is 0 Å². The maximum Gasteiger partial charge on any atom is 0.292 e. The van der Waals surface area contributed by atoms with Crippen LogP contribution >= 0.6 is 0 Å². The first-order chi connectivity index (χ1) is 9.67. The lowest BCUT2D eigenvalue weighted by Crippen LogP contribution is -2.32. The van der Waals surface area contributed by atoms with E-state index in [-0.39, 0.29) is 10.6 Å². The Morgan fingerprint density at radius 3 is 2.65 bits per heavy atom. The fourth-order valence-corrected chi connectivity index (χ4v) is 3.15. The van der Waals surface area contributed by atoms with Crippen LogP contribution in [0.5, 0.6) is 0 Å². The third-order valence-electron chi connectivity index (χ3n) is 4.20. The quantitative estimate of drug-likeness (QED) is 0.639. The van der Waals surface area contributed by atoms with Gasteiger partial charge in [-0.05, 0) is 24.9 Å². The first-order valence-electron chi connectivity index (χ1n) is 7.35. The van der Waals surface area contributed by atoms with Crippen molar-refractivity contribution in [3.63, 3.8) is 0 Å². The summed E-state index contributed by atoms with van der Waals surface area (Å²) in [7, 11) is 1.75. The summed E-state index contributed by atoms with van der Waals surface area (Å²) in [5, 5.41) is 14.1. The van der Waals surface area contributed by atoms with E-state index in [1.54, 1.807) is 19.2 Å². The predicted octanol–water partition coefficient (Wildman–Crippen LogP) is 3.40. The molecule has 2 rings (SSSR count). The van der Waals surface area contributed by atoms with E-state index in [1.807, 2.05) is 6.07 Å². The molecule has 0 amide bonds. The molecule has 5 heteroatoms. The molecule has 0 radical (unpaired) electrons. The highest BCUT2D eigenvalue weighted by molar-refractivity contribution is 5.66. The van der Waals surface area contributed by atoms with Gasteiger partial charge in [-0.2, -0.15) is 0 Å². The molecule has 20 heavy (non-hydrogen) atoms. The van der Waals surface area contributed by atoms with Crippen molar-refractivity contribution in [1.29, 1.82) is 0 Å². The molecule has 1 aliphatic carbocycles. The van der Waals surface area contributed by atoms with Gasteiger partial charge in [0.1, 0.15) is 5.69 Å². The van der Waals surface area contributed by atoms with Crippen LogP contribution in [0.25, 0.3) is 0 Å². The molecule has 0 saturated heterocycles. The molecule has 1 aromatic rings. The van der Waals surface area contributed by atoms with Crippen LogP contribution in [0.4, 0.5) is 11.4 Å². The maximum atomic E-state index is 11.1. The van der Waals surface area contributed by atoms with Crippen LogP contribution in [0.1, 0.15) is 38.2 Å². The second kappa shape index (κ2) is 6.70. The summed E-state index contributed by atoms with van der Waals surface area (Å²) in [5.74, 6) is 0. The second-order valence-electron chi connectivity index (χ2n) is 5.32. The van der Waals surface area contributed by atoms with Gasteiger partial charge >= 0.3 is 0 Å². The van der Waals surface area contributed by atoms with E-state index in [2.05, 4.69) is 17.1 Å². The predicted molar refractivity (Wildman–Crippen MR) is 81.0 cm³/mol. The van der Waals surface area contributed by atoms with E-state index in [9.17, 15) is 10.1 Å². The van der Waals surface area contributed by atoms with Gasteiger partial charge in [-0.25, -0.2) is 0 Å². The number of benzene rings is 1. The molecule has 0 heterocycles. The Hall–Kier alpha value is -1.62. The summed E-state index contributed by atoms with van der Waals surface area (Å²) in [6, 6.07) is 5.94. The Kier molecular flexibility index (Phi) is 4.95. The summed E-state index contributed by atoms with van der Waals surface area (Å²) >= 11 is 0. The SMILES string of the molecule is CCN(Cc1cccc([N+](=O)[O-])c1NC)C1CCCC1. The van der Waals surface area contributed by atoms with Gasteiger partial charge in [-0.3, -0.25) is 15.0 Å². The number of hydrogen-bond donors (Lipinski definition) is 1. The molecule has 1 fully saturated rings. The van der Waals surface area contributed by atoms with Crippen molar-refractivity contribution in [3.8, 4) is 0 Å². The summed E-state index contributed by atoms with van der Waals surface area (Å²) < 4.78 is 0. The van der Waals surface area contributed by atoms with Gasteiger partial charge in [0.15, 0.2) is 0 Å². The molecule has 0 bridgehead atoms. The van der Waals surface area contributed by atoms with Crippen molar-refractivity contribution in [2.45, 2.75) is 45.2 Å². The number of nitrogens with zero attached hydrogens (tertiary/aromatic N) is 2. The largest absolute Gasteiger partial charge is 0.382 e. The second-order valence-corrected chi connectivity index (χ2v) is 5.32. The van der Waals surface area contributed by atoms with Gasteiger partial charge in [0.05, 0.1) is 4.92 Å². The molecule has 110 valence electrons. The van der Waals surface area contributed by atoms with E-state index >= 15 is 0 Å². The Balaban J connectivity index is 2.23. The van der Waals surface area contributed by atoms with Crippen LogP contribution in [0.2, 0.25) is 0 Å². The van der Waals surface area contributed by atoms with Crippen molar-refractivity contribution in [3.05, 3.63) is 33.9 Å². The van der Waals surface area contributed by atoms with E-state index in [0.29, 0.717) is 11.7 Å². The number of nitro benzene ring substituents is 1. The van der Waals surface area contributed by atoms with Crippen molar-refractivity contribution < 1.29 is 4.92 Å². The highest BCUT2D eigenvalue weighted by atomic mass is 16.6. The number of hydrogen-bond acceptors (Lipinski definition) is 4. The molecule has 0 atom stereocenters. The van der Waals surface area contributed by atoms with E-state index < -0.39 is 0 Å². The van der Waals surface area contributed by atoms with E-state index in [1.165, 1.54) is 25.7 Å². The first kappa shape index (κ1) is 14.8. The lowest BCUT2D eigenvalue weighted by atomic mass is 10.1. The van der Waals surface area contributed by atoms with Crippen molar-refractivity contribution in [1.82, 2.24) is 4.90 Å². The molecule has 5 nitrogen and oxygen atoms in total. The van der Waals surface area contributed by atoms with Gasteiger partial charge in [-0.15, -0.1) is 0 Å². The number of anilines is 1. The number of nitrogens with one attached hydrogen (secondary N) is 1. The third kappa shape index (κ3) is 3.10. The molecular weight excluding hydrogens is 254 g/mol. The zero-order chi connectivity index (χ0) is 14.5. The number of rotatable bonds is 6. The number of para-hydroxylation sites is 1. The Morgan fingerprint density at radius 1 is 1.40 bits per heavy atom. The molecule has 1 aromatic carbocycles. The Bertz CT molecular complexity index is 470. The standard InChI is InChI=1S/C15H23N3O2/c1-3-17(13-8-4-5-9-13)11-12-7-6-10-14(18(19)20)15(12)16-2/h6-7,10,13,16H,3-5,8-9,11H2,1-2H3. The zero-order valence-corrected chi connectivity index (χ0v) is 12.3. The molecule has 0 unspecified atom stereocenters. The summed E-state index contributed by atoms with van der Waals surface area (Å²) in [6.07, 6.45) is 5.10. The molecular formula is C15H23N3O2. The minimum Gasteiger partial charge on any atom is -0.382 e. The molecule has 0 aliphatic heterocycles. The molecule has 1 N–H and O–H groups in total. The topological polar surface area (TPSA) is 58.4 Å². The first-order valence-corrected chi connectivity index (χ1v) is 7.35. The van der Waals surface area contributed by atoms with Gasteiger partial charge < -0.3 is 5.32 Å². The van der Waals surface area contributed by atoms with Crippen molar-refractivity contribution in [2.24, 2.45) is 0 Å². The third-order valence-corrected chi connectivity index (χ3v) is 4.20. The fourth-order valence-electron chi connectivity index (χ4n) is 3.15. The molecule has 0 spiro atoms. The van der Waals surface area contributed by atoms with Crippen LogP contribution in [0, 0.1) is 10.1 Å². The van der Waals surface area contributed by atoms with Crippen molar-refractivity contribution >= 4 is 11.4 Å². The van der Waals surface area contributed by atoms with Gasteiger partial charge in [0, 0.05) is 25.7 Å². The van der Waals surface area contributed by atoms with Gasteiger partial charge in [-0.1, -0.05) is 31.9 Å². The molecule has 0 aromatic heterocycles. The number of nitro groups is 1. The summed E-state index contributed by atoms with van der Waals surface area (Å²) in [5.41, 5.74) is 1.82. The lowest BCUT2D eigenvalue weighted by Gasteiger charge is -2.28. The maximum absolute atomic E-state index is 11.1. The Morgan fingerprint density at radius 2 is 2.10 bits per heavy atom. The van der Waals surface area contributed by atoms with Gasteiger partial charge in [0.2, 0.25) is 0 Å². The van der Waals surface area contributed by atoms with E-state index in [4.69, 9.17) is 0 Å². The van der Waals surface area contributed by atoms with Crippen LogP contribution < -0.4 is 5.32 Å². The average Bonchev–Trinajstić information content (AvgIpc) is 2.98. The van der Waals surface area contributed by atoms with E-state index in [0.717, 1.165) is 18.7 Å². The zero-order valence-electron chi connectivity index (χ0n) is 12.3. The highest BCUT2D eigenvalue weighted by Gasteiger charge is 2.23. The summed E-state index contributed by atoms with van der Waals surface area (Å²) in [4.78, 5) is 13.2. The fraction of sp³-hybridized carbons (Fsp3) is 0.600. The minimum absolute atomic E-state index is 0.160. The van der Waals surface area contributed by atoms with Gasteiger partial charge in [0.25, 0.3) is 5.69 Å². The average molecular weight is 277 g/mol. The molecule has 1 aliphatic rings. The van der Waals surface area contributed by atoms with Crippen LogP contribution in [0.15, 0.2) is 18.2 Å². The smallest absolute Gasteiger partial charge is 0.292 e. The minimum atomic E-state index is -0.318.